The molecule has 0 radical (unpaired) electrons. The largest absolute Gasteiger partial charge is 0.391 e. The average Bonchev–Trinajstić information content (AvgIpc) is 2.33. The topological polar surface area (TPSA) is 20.3 Å². The summed E-state index contributed by atoms with van der Waals surface area (Å²) >= 11 is 0. The van der Waals surface area contributed by atoms with Crippen LogP contribution < -0.4 is 0 Å². The zero-order valence-corrected chi connectivity index (χ0v) is 11.4. The van der Waals surface area contributed by atoms with Crippen LogP contribution >= 0.6 is 0 Å². The van der Waals surface area contributed by atoms with E-state index in [0.717, 1.165) is 0 Å². The normalized spacial score (nSPS) is 16.4. The fourth-order valence-electron chi connectivity index (χ4n) is 1.52. The van der Waals surface area contributed by atoms with Crippen molar-refractivity contribution in [3.05, 3.63) is 0 Å². The standard InChI is InChI=1S/C8H12F3NO.2C2H6/c1-6(13)12-4-2-7(3-5-12)8(9,10)11;2*1-2/h7H,2-5H2,1H3;2*1-2H3. The van der Waals surface area contributed by atoms with Crippen LogP contribution in [0.3, 0.4) is 0 Å². The van der Waals surface area contributed by atoms with E-state index >= 15 is 0 Å². The predicted octanol–water partition coefficient (Wildman–Crippen LogP) is 3.86. The summed E-state index contributed by atoms with van der Waals surface area (Å²) in [6, 6.07) is 0. The predicted molar refractivity (Wildman–Crippen MR) is 63.7 cm³/mol. The zero-order valence-electron chi connectivity index (χ0n) is 11.4. The first kappa shape index (κ1) is 18.6. The average molecular weight is 255 g/mol. The van der Waals surface area contributed by atoms with E-state index in [2.05, 4.69) is 0 Å². The molecular formula is C12H24F3NO. The molecule has 1 aliphatic heterocycles. The number of halogens is 3. The Hall–Kier alpha value is -0.740. The molecule has 5 heteroatoms. The number of hydrogen-bond donors (Lipinski definition) is 0. The number of piperidine rings is 1. The van der Waals surface area contributed by atoms with Crippen LogP contribution in [0.15, 0.2) is 0 Å². The van der Waals surface area contributed by atoms with Gasteiger partial charge in [-0.15, -0.1) is 0 Å². The highest BCUT2D eigenvalue weighted by atomic mass is 19.4. The molecule has 1 fully saturated rings. The van der Waals surface area contributed by atoms with E-state index in [9.17, 15) is 18.0 Å². The second kappa shape index (κ2) is 9.31. The number of rotatable bonds is 0. The molecule has 0 N–H and O–H groups in total. The number of alkyl halides is 3. The van der Waals surface area contributed by atoms with E-state index in [1.165, 1.54) is 11.8 Å². The SMILES string of the molecule is CC.CC.CC(=O)N1CCC(C(F)(F)F)CC1. The third-order valence-corrected chi connectivity index (χ3v) is 2.40. The van der Waals surface area contributed by atoms with Gasteiger partial charge in [-0.1, -0.05) is 27.7 Å². The van der Waals surface area contributed by atoms with Gasteiger partial charge < -0.3 is 4.90 Å². The van der Waals surface area contributed by atoms with Gasteiger partial charge in [0.2, 0.25) is 5.91 Å². The first-order valence-electron chi connectivity index (χ1n) is 6.23. The molecule has 104 valence electrons. The van der Waals surface area contributed by atoms with E-state index in [1.54, 1.807) is 0 Å². The Kier molecular flexibility index (Phi) is 10.2. The molecule has 0 atom stereocenters. The van der Waals surface area contributed by atoms with Crippen molar-refractivity contribution in [3.8, 4) is 0 Å². The van der Waals surface area contributed by atoms with Crippen molar-refractivity contribution >= 4 is 5.91 Å². The molecule has 1 amide bonds. The van der Waals surface area contributed by atoms with Gasteiger partial charge in [0.05, 0.1) is 5.92 Å². The maximum Gasteiger partial charge on any atom is 0.391 e. The first-order chi connectivity index (χ1) is 7.91. The molecule has 2 nitrogen and oxygen atoms in total. The van der Waals surface area contributed by atoms with Crippen molar-refractivity contribution in [1.29, 1.82) is 0 Å². The molecule has 0 aromatic heterocycles. The summed E-state index contributed by atoms with van der Waals surface area (Å²) < 4.78 is 36.5. The van der Waals surface area contributed by atoms with Crippen molar-refractivity contribution in [3.63, 3.8) is 0 Å². The molecule has 0 unspecified atom stereocenters. The number of carbonyl (C=O) groups excluding carboxylic acids is 1. The third kappa shape index (κ3) is 7.23. The highest BCUT2D eigenvalue weighted by molar-refractivity contribution is 5.73. The third-order valence-electron chi connectivity index (χ3n) is 2.40. The summed E-state index contributed by atoms with van der Waals surface area (Å²) in [5.41, 5.74) is 0. The van der Waals surface area contributed by atoms with Crippen molar-refractivity contribution in [2.75, 3.05) is 13.1 Å². The lowest BCUT2D eigenvalue weighted by molar-refractivity contribution is -0.186. The quantitative estimate of drug-likeness (QED) is 0.643. The highest BCUT2D eigenvalue weighted by Gasteiger charge is 2.41. The number of hydrogen-bond acceptors (Lipinski definition) is 1. The smallest absolute Gasteiger partial charge is 0.343 e. The van der Waals surface area contributed by atoms with Crippen molar-refractivity contribution in [1.82, 2.24) is 4.90 Å². The van der Waals surface area contributed by atoms with Gasteiger partial charge >= 0.3 is 6.18 Å². The van der Waals surface area contributed by atoms with Gasteiger partial charge in [0.15, 0.2) is 0 Å². The zero-order chi connectivity index (χ0) is 14.1. The summed E-state index contributed by atoms with van der Waals surface area (Å²) in [5.74, 6) is -1.36. The van der Waals surface area contributed by atoms with Gasteiger partial charge in [0.1, 0.15) is 0 Å². The molecule has 0 aromatic rings. The number of nitrogens with zero attached hydrogens (tertiary/aromatic N) is 1. The van der Waals surface area contributed by atoms with E-state index in [4.69, 9.17) is 0 Å². The molecule has 17 heavy (non-hydrogen) atoms. The molecule has 0 aliphatic carbocycles. The Balaban J connectivity index is 0. The second-order valence-corrected chi connectivity index (χ2v) is 3.32. The minimum atomic E-state index is -4.09. The van der Waals surface area contributed by atoms with Crippen molar-refractivity contribution < 1.29 is 18.0 Å². The lowest BCUT2D eigenvalue weighted by Gasteiger charge is -2.32. The molecular weight excluding hydrogens is 231 g/mol. The van der Waals surface area contributed by atoms with Gasteiger partial charge in [0, 0.05) is 20.0 Å². The minimum Gasteiger partial charge on any atom is -0.343 e. The Morgan fingerprint density at radius 2 is 1.41 bits per heavy atom. The first-order valence-corrected chi connectivity index (χ1v) is 6.23. The molecule has 1 heterocycles. The van der Waals surface area contributed by atoms with E-state index < -0.39 is 12.1 Å². The van der Waals surface area contributed by atoms with Gasteiger partial charge in [-0.3, -0.25) is 4.79 Å². The van der Waals surface area contributed by atoms with Crippen LogP contribution in [0, 0.1) is 5.92 Å². The van der Waals surface area contributed by atoms with E-state index in [1.807, 2.05) is 27.7 Å². The molecule has 1 rings (SSSR count). The summed E-state index contributed by atoms with van der Waals surface area (Å²) in [4.78, 5) is 12.3. The molecule has 0 aromatic carbocycles. The van der Waals surface area contributed by atoms with Crippen LogP contribution in [0.2, 0.25) is 0 Å². The van der Waals surface area contributed by atoms with Crippen molar-refractivity contribution in [2.24, 2.45) is 5.92 Å². The highest BCUT2D eigenvalue weighted by Crippen LogP contribution is 2.33. The molecule has 1 saturated heterocycles. The van der Waals surface area contributed by atoms with Crippen LogP contribution in [-0.4, -0.2) is 30.1 Å². The van der Waals surface area contributed by atoms with Crippen LogP contribution in [0.1, 0.15) is 47.5 Å². The van der Waals surface area contributed by atoms with E-state index in [-0.39, 0.29) is 31.8 Å². The lowest BCUT2D eigenvalue weighted by Crippen LogP contribution is -2.41. The monoisotopic (exact) mass is 255 g/mol. The molecule has 0 saturated carbocycles. The van der Waals surface area contributed by atoms with Crippen LogP contribution in [-0.2, 0) is 4.79 Å². The van der Waals surface area contributed by atoms with Gasteiger partial charge in [-0.05, 0) is 12.8 Å². The second-order valence-electron chi connectivity index (χ2n) is 3.32. The maximum absolute atomic E-state index is 12.2. The van der Waals surface area contributed by atoms with Crippen LogP contribution in [0.25, 0.3) is 0 Å². The number of likely N-dealkylation sites (tertiary alicyclic amines) is 1. The Morgan fingerprint density at radius 1 is 1.06 bits per heavy atom. The summed E-state index contributed by atoms with van der Waals surface area (Å²) in [6.45, 7) is 9.85. The molecule has 1 aliphatic rings. The van der Waals surface area contributed by atoms with Crippen LogP contribution in [0.5, 0.6) is 0 Å². The molecule has 0 spiro atoms. The van der Waals surface area contributed by atoms with E-state index in [0.29, 0.717) is 0 Å². The van der Waals surface area contributed by atoms with Crippen LogP contribution in [0.4, 0.5) is 13.2 Å². The summed E-state index contributed by atoms with van der Waals surface area (Å²) in [7, 11) is 0. The number of amides is 1. The van der Waals surface area contributed by atoms with Crippen molar-refractivity contribution in [2.45, 2.75) is 53.6 Å². The van der Waals surface area contributed by atoms with Gasteiger partial charge in [-0.2, -0.15) is 13.2 Å². The fraction of sp³-hybridized carbons (Fsp3) is 0.917. The van der Waals surface area contributed by atoms with Gasteiger partial charge in [-0.25, -0.2) is 0 Å². The Labute approximate surface area is 102 Å². The van der Waals surface area contributed by atoms with Gasteiger partial charge in [0.25, 0.3) is 0 Å². The maximum atomic E-state index is 12.2. The summed E-state index contributed by atoms with van der Waals surface area (Å²) in [5, 5.41) is 0. The molecule has 0 bridgehead atoms. The Bertz CT molecular complexity index is 196. The fourth-order valence-corrected chi connectivity index (χ4v) is 1.52. The Morgan fingerprint density at radius 3 is 1.65 bits per heavy atom. The minimum absolute atomic E-state index is 0.0447. The lowest BCUT2D eigenvalue weighted by atomic mass is 9.96. The number of carbonyl (C=O) groups is 1. The summed E-state index contributed by atoms with van der Waals surface area (Å²) in [6.07, 6.45) is -4.00.